The van der Waals surface area contributed by atoms with Gasteiger partial charge >= 0.3 is 0 Å². The molecule has 1 aromatic heterocycles. The lowest BCUT2D eigenvalue weighted by atomic mass is 10.0. The molecule has 0 bridgehead atoms. The first-order chi connectivity index (χ1) is 17.1. The number of hydrogen-bond acceptors (Lipinski definition) is 6. The van der Waals surface area contributed by atoms with Crippen molar-refractivity contribution in [2.45, 2.75) is 6.92 Å². The van der Waals surface area contributed by atoms with Crippen LogP contribution in [0.25, 0.3) is 0 Å². The molecule has 1 saturated heterocycles. The number of rotatable bonds is 5. The van der Waals surface area contributed by atoms with Crippen molar-refractivity contribution in [1.29, 1.82) is 5.41 Å². The molecule has 4 rings (SSSR count). The molecule has 0 atom stereocenters. The SMILES string of the molecule is Cc1cc(C(=N)N2CCS(=O)(=O)CC2)ccc1C(=O)Nc1ccccc1C(=O)Nc1ccc(Cl)cn1. The van der Waals surface area contributed by atoms with Crippen molar-refractivity contribution in [3.8, 4) is 0 Å². The van der Waals surface area contributed by atoms with Gasteiger partial charge in [0.1, 0.15) is 11.7 Å². The molecular formula is C25H24ClN5O4S. The predicted molar refractivity (Wildman–Crippen MR) is 140 cm³/mol. The highest BCUT2D eigenvalue weighted by Crippen LogP contribution is 2.21. The highest BCUT2D eigenvalue weighted by molar-refractivity contribution is 7.91. The Bertz CT molecular complexity index is 1430. The standard InChI is InChI=1S/C25H24ClN5O4S/c1-16-14-17(23(27)31-10-12-36(34,35)13-11-31)6-8-19(16)24(32)29-21-5-3-2-4-20(21)25(33)30-22-9-7-18(26)15-28-22/h2-9,14-15,27H,10-13H2,1H3,(H,29,32)(H,28,30,33). The Hall–Kier alpha value is -3.76. The van der Waals surface area contributed by atoms with E-state index < -0.39 is 21.7 Å². The molecule has 2 amide bonds. The van der Waals surface area contributed by atoms with Crippen molar-refractivity contribution in [3.63, 3.8) is 0 Å². The van der Waals surface area contributed by atoms with E-state index in [2.05, 4.69) is 15.6 Å². The second kappa shape index (κ2) is 10.5. The summed E-state index contributed by atoms with van der Waals surface area (Å²) in [5.41, 5.74) is 2.23. The van der Waals surface area contributed by atoms with Crippen LogP contribution in [0.2, 0.25) is 5.02 Å². The van der Waals surface area contributed by atoms with Gasteiger partial charge in [-0.2, -0.15) is 0 Å². The zero-order valence-corrected chi connectivity index (χ0v) is 21.0. The molecule has 2 aromatic carbocycles. The number of carbonyl (C=O) groups is 2. The normalized spacial score (nSPS) is 14.7. The van der Waals surface area contributed by atoms with Crippen LogP contribution in [0.3, 0.4) is 0 Å². The second-order valence-electron chi connectivity index (χ2n) is 8.33. The molecule has 36 heavy (non-hydrogen) atoms. The number of nitrogens with zero attached hydrogens (tertiary/aromatic N) is 2. The zero-order valence-electron chi connectivity index (χ0n) is 19.4. The van der Waals surface area contributed by atoms with E-state index >= 15 is 0 Å². The fourth-order valence-electron chi connectivity index (χ4n) is 3.80. The number of amidine groups is 1. The van der Waals surface area contributed by atoms with Gasteiger partial charge in [0.05, 0.1) is 27.8 Å². The van der Waals surface area contributed by atoms with Gasteiger partial charge in [-0.25, -0.2) is 13.4 Å². The maximum atomic E-state index is 13.1. The first-order valence-corrected chi connectivity index (χ1v) is 13.3. The van der Waals surface area contributed by atoms with Crippen LogP contribution in [-0.2, 0) is 9.84 Å². The van der Waals surface area contributed by atoms with Gasteiger partial charge in [0.2, 0.25) is 0 Å². The first-order valence-electron chi connectivity index (χ1n) is 11.1. The van der Waals surface area contributed by atoms with Gasteiger partial charge in [-0.05, 0) is 48.9 Å². The van der Waals surface area contributed by atoms with E-state index in [0.717, 1.165) is 0 Å². The minimum atomic E-state index is -3.05. The molecule has 11 heteroatoms. The van der Waals surface area contributed by atoms with Crippen LogP contribution >= 0.6 is 11.6 Å². The topological polar surface area (TPSA) is 132 Å². The summed E-state index contributed by atoms with van der Waals surface area (Å²) < 4.78 is 23.3. The predicted octanol–water partition coefficient (Wildman–Crippen LogP) is 3.60. The van der Waals surface area contributed by atoms with E-state index in [9.17, 15) is 18.0 Å². The number of hydrogen-bond donors (Lipinski definition) is 3. The molecule has 3 N–H and O–H groups in total. The van der Waals surface area contributed by atoms with Gasteiger partial charge in [-0.3, -0.25) is 15.0 Å². The van der Waals surface area contributed by atoms with Crippen LogP contribution in [0.4, 0.5) is 11.5 Å². The lowest BCUT2D eigenvalue weighted by Gasteiger charge is -2.29. The summed E-state index contributed by atoms with van der Waals surface area (Å²) in [6, 6.07) is 14.8. The number of carbonyl (C=O) groups excluding carboxylic acids is 2. The minimum Gasteiger partial charge on any atom is -0.355 e. The summed E-state index contributed by atoms with van der Waals surface area (Å²) in [6.45, 7) is 2.30. The molecule has 186 valence electrons. The smallest absolute Gasteiger partial charge is 0.258 e. The number of amides is 2. The van der Waals surface area contributed by atoms with Crippen molar-refractivity contribution in [3.05, 3.63) is 88.1 Å². The maximum absolute atomic E-state index is 13.1. The van der Waals surface area contributed by atoms with Crippen LogP contribution in [0.15, 0.2) is 60.8 Å². The van der Waals surface area contributed by atoms with Gasteiger partial charge in [0.15, 0.2) is 9.84 Å². The van der Waals surface area contributed by atoms with Crippen LogP contribution in [0.1, 0.15) is 31.8 Å². The van der Waals surface area contributed by atoms with E-state index in [4.69, 9.17) is 17.0 Å². The number of halogens is 1. The van der Waals surface area contributed by atoms with Crippen molar-refractivity contribution < 1.29 is 18.0 Å². The molecule has 3 aromatic rings. The van der Waals surface area contributed by atoms with Crippen molar-refractivity contribution in [2.75, 3.05) is 35.2 Å². The van der Waals surface area contributed by atoms with Crippen LogP contribution < -0.4 is 10.6 Å². The number of pyridine rings is 1. The zero-order chi connectivity index (χ0) is 25.9. The Labute approximate surface area is 213 Å². The number of anilines is 2. The lowest BCUT2D eigenvalue weighted by Crippen LogP contribution is -2.43. The molecule has 0 unspecified atom stereocenters. The molecular weight excluding hydrogens is 502 g/mol. The fraction of sp³-hybridized carbons (Fsp3) is 0.200. The second-order valence-corrected chi connectivity index (χ2v) is 11.1. The number of para-hydroxylation sites is 1. The third-order valence-corrected chi connectivity index (χ3v) is 7.63. The number of sulfone groups is 1. The Balaban J connectivity index is 1.48. The monoisotopic (exact) mass is 525 g/mol. The highest BCUT2D eigenvalue weighted by atomic mass is 35.5. The first kappa shape index (κ1) is 25.3. The molecule has 1 aliphatic heterocycles. The van der Waals surface area contributed by atoms with Crippen LogP contribution in [0, 0.1) is 12.3 Å². The summed E-state index contributed by atoms with van der Waals surface area (Å²) in [4.78, 5) is 31.7. The molecule has 0 saturated carbocycles. The number of aromatic nitrogens is 1. The van der Waals surface area contributed by atoms with Gasteiger partial charge < -0.3 is 15.5 Å². The largest absolute Gasteiger partial charge is 0.355 e. The van der Waals surface area contributed by atoms with Crippen molar-refractivity contribution in [2.24, 2.45) is 0 Å². The Morgan fingerprint density at radius 1 is 0.972 bits per heavy atom. The van der Waals surface area contributed by atoms with E-state index in [0.29, 0.717) is 33.2 Å². The quantitative estimate of drug-likeness (QED) is 0.344. The molecule has 9 nitrogen and oxygen atoms in total. The maximum Gasteiger partial charge on any atom is 0.258 e. The summed E-state index contributed by atoms with van der Waals surface area (Å²) in [7, 11) is -3.05. The summed E-state index contributed by atoms with van der Waals surface area (Å²) >= 11 is 5.84. The average Bonchev–Trinajstić information content (AvgIpc) is 2.85. The van der Waals surface area contributed by atoms with Gasteiger partial charge in [-0.1, -0.05) is 29.8 Å². The molecule has 0 spiro atoms. The van der Waals surface area contributed by atoms with Gasteiger partial charge in [-0.15, -0.1) is 0 Å². The van der Waals surface area contributed by atoms with Gasteiger partial charge in [0.25, 0.3) is 11.8 Å². The summed E-state index contributed by atoms with van der Waals surface area (Å²) in [6.07, 6.45) is 1.42. The summed E-state index contributed by atoms with van der Waals surface area (Å²) in [5, 5.41) is 14.4. The third-order valence-electron chi connectivity index (χ3n) is 5.79. The lowest BCUT2D eigenvalue weighted by molar-refractivity contribution is 0.102. The average molecular weight is 526 g/mol. The van der Waals surface area contributed by atoms with E-state index in [1.54, 1.807) is 66.4 Å². The van der Waals surface area contributed by atoms with E-state index in [1.807, 2.05) is 0 Å². The fourth-order valence-corrected chi connectivity index (χ4v) is 5.11. The van der Waals surface area contributed by atoms with Crippen molar-refractivity contribution in [1.82, 2.24) is 9.88 Å². The minimum absolute atomic E-state index is 0.0237. The van der Waals surface area contributed by atoms with Crippen LogP contribution in [-0.4, -0.2) is 60.5 Å². The number of nitrogens with one attached hydrogen (secondary N) is 3. The molecule has 0 radical (unpaired) electrons. The summed E-state index contributed by atoms with van der Waals surface area (Å²) in [5.74, 6) is -0.251. The van der Waals surface area contributed by atoms with Crippen molar-refractivity contribution >= 4 is 50.6 Å². The molecule has 1 aliphatic rings. The highest BCUT2D eigenvalue weighted by Gasteiger charge is 2.24. The molecule has 2 heterocycles. The van der Waals surface area contributed by atoms with Crippen LogP contribution in [0.5, 0.6) is 0 Å². The van der Waals surface area contributed by atoms with E-state index in [-0.39, 0.29) is 36.0 Å². The Morgan fingerprint density at radius 2 is 1.67 bits per heavy atom. The molecule has 1 fully saturated rings. The molecule has 0 aliphatic carbocycles. The van der Waals surface area contributed by atoms with Gasteiger partial charge in [0, 0.05) is 30.4 Å². The Morgan fingerprint density at radius 3 is 2.33 bits per heavy atom. The third kappa shape index (κ3) is 5.89. The number of aryl methyl sites for hydroxylation is 1. The Kier molecular flexibility index (Phi) is 7.37. The van der Waals surface area contributed by atoms with E-state index in [1.165, 1.54) is 6.20 Å². The number of benzene rings is 2.